The van der Waals surface area contributed by atoms with Crippen molar-refractivity contribution in [3.05, 3.63) is 39.8 Å². The summed E-state index contributed by atoms with van der Waals surface area (Å²) in [5, 5.41) is 13.8. The molecular weight excluding hydrogens is 254 g/mol. The van der Waals surface area contributed by atoms with Crippen LogP contribution in [0, 0.1) is 20.8 Å². The van der Waals surface area contributed by atoms with Crippen molar-refractivity contribution in [3.8, 4) is 5.82 Å². The smallest absolute Gasteiger partial charge is 0.335 e. The van der Waals surface area contributed by atoms with Crippen LogP contribution in [0.5, 0.6) is 0 Å². The molecule has 2 heterocycles. The van der Waals surface area contributed by atoms with Gasteiger partial charge in [-0.05, 0) is 32.9 Å². The molecule has 2 aromatic heterocycles. The van der Waals surface area contributed by atoms with Crippen LogP contribution in [0.3, 0.4) is 0 Å². The van der Waals surface area contributed by atoms with Crippen LogP contribution in [-0.2, 0) is 0 Å². The molecule has 2 rings (SSSR count). The minimum absolute atomic E-state index is 0.182. The Labute approximate surface area is 109 Å². The number of rotatable bonds is 2. The maximum Gasteiger partial charge on any atom is 0.335 e. The Kier molecular flexibility index (Phi) is 3.09. The molecule has 18 heavy (non-hydrogen) atoms. The molecule has 1 N–H and O–H groups in total. The summed E-state index contributed by atoms with van der Waals surface area (Å²) in [5.41, 5.74) is 2.23. The standard InChI is InChI=1S/C12H12ClN3O2/c1-6-4-9(12(17)18)5-10(14-6)16-8(3)11(13)7(2)15-16/h4-5H,1-3H3,(H,17,18). The van der Waals surface area contributed by atoms with E-state index in [1.165, 1.54) is 12.1 Å². The van der Waals surface area contributed by atoms with Gasteiger partial charge in [0.15, 0.2) is 5.82 Å². The van der Waals surface area contributed by atoms with Crippen molar-refractivity contribution >= 4 is 17.6 Å². The summed E-state index contributed by atoms with van der Waals surface area (Å²) in [6.45, 7) is 5.34. The Balaban J connectivity index is 2.63. The van der Waals surface area contributed by atoms with Crippen LogP contribution >= 0.6 is 11.6 Å². The van der Waals surface area contributed by atoms with Gasteiger partial charge in [0, 0.05) is 5.69 Å². The van der Waals surface area contributed by atoms with E-state index in [1.54, 1.807) is 18.5 Å². The number of aryl methyl sites for hydroxylation is 2. The lowest BCUT2D eigenvalue weighted by Gasteiger charge is -2.06. The van der Waals surface area contributed by atoms with Gasteiger partial charge in [-0.15, -0.1) is 0 Å². The van der Waals surface area contributed by atoms with Crippen LogP contribution in [-0.4, -0.2) is 25.8 Å². The Morgan fingerprint density at radius 2 is 2.00 bits per heavy atom. The van der Waals surface area contributed by atoms with Gasteiger partial charge < -0.3 is 5.11 Å². The quantitative estimate of drug-likeness (QED) is 0.906. The lowest BCUT2D eigenvalue weighted by atomic mass is 10.2. The summed E-state index contributed by atoms with van der Waals surface area (Å²) in [7, 11) is 0. The van der Waals surface area contributed by atoms with E-state index in [1.807, 2.05) is 6.92 Å². The zero-order valence-electron chi connectivity index (χ0n) is 10.2. The van der Waals surface area contributed by atoms with Crippen molar-refractivity contribution in [2.45, 2.75) is 20.8 Å². The summed E-state index contributed by atoms with van der Waals surface area (Å²) in [6, 6.07) is 2.99. The second kappa shape index (κ2) is 4.42. The molecule has 0 spiro atoms. The van der Waals surface area contributed by atoms with Crippen molar-refractivity contribution < 1.29 is 9.90 Å². The van der Waals surface area contributed by atoms with Gasteiger partial charge in [-0.1, -0.05) is 11.6 Å². The largest absolute Gasteiger partial charge is 0.478 e. The molecule has 0 radical (unpaired) electrons. The van der Waals surface area contributed by atoms with Crippen molar-refractivity contribution in [3.63, 3.8) is 0 Å². The predicted octanol–water partition coefficient (Wildman–Crippen LogP) is 2.54. The molecule has 0 atom stereocenters. The second-order valence-electron chi connectivity index (χ2n) is 4.06. The van der Waals surface area contributed by atoms with Gasteiger partial charge in [0.2, 0.25) is 0 Å². The highest BCUT2D eigenvalue weighted by atomic mass is 35.5. The third kappa shape index (κ3) is 2.09. The van der Waals surface area contributed by atoms with Gasteiger partial charge in [-0.25, -0.2) is 14.5 Å². The molecule has 0 aliphatic rings. The first-order chi connectivity index (χ1) is 8.40. The predicted molar refractivity (Wildman–Crippen MR) is 67.5 cm³/mol. The molecule has 0 saturated carbocycles. The molecule has 0 aliphatic carbocycles. The number of carbonyl (C=O) groups is 1. The lowest BCUT2D eigenvalue weighted by Crippen LogP contribution is -2.06. The van der Waals surface area contributed by atoms with Crippen molar-refractivity contribution in [2.24, 2.45) is 0 Å². The molecule has 0 unspecified atom stereocenters. The second-order valence-corrected chi connectivity index (χ2v) is 4.44. The number of carboxylic acids is 1. The van der Waals surface area contributed by atoms with Crippen LogP contribution in [0.25, 0.3) is 5.82 Å². The van der Waals surface area contributed by atoms with E-state index in [9.17, 15) is 4.79 Å². The van der Waals surface area contributed by atoms with Crippen molar-refractivity contribution in [2.75, 3.05) is 0 Å². The number of hydrogen-bond acceptors (Lipinski definition) is 3. The first-order valence-electron chi connectivity index (χ1n) is 5.34. The summed E-state index contributed by atoms with van der Waals surface area (Å²) in [5.74, 6) is -0.533. The number of aromatic nitrogens is 3. The van der Waals surface area contributed by atoms with E-state index in [2.05, 4.69) is 10.1 Å². The molecule has 94 valence electrons. The van der Waals surface area contributed by atoms with Crippen molar-refractivity contribution in [1.29, 1.82) is 0 Å². The third-order valence-corrected chi connectivity index (χ3v) is 3.15. The summed E-state index contributed by atoms with van der Waals surface area (Å²) in [6.07, 6.45) is 0. The number of halogens is 1. The molecule has 2 aromatic rings. The van der Waals surface area contributed by atoms with Crippen LogP contribution in [0.1, 0.15) is 27.4 Å². The van der Waals surface area contributed by atoms with E-state index in [0.717, 1.165) is 5.69 Å². The monoisotopic (exact) mass is 265 g/mol. The van der Waals surface area contributed by atoms with Gasteiger partial charge in [0.05, 0.1) is 22.0 Å². The SMILES string of the molecule is Cc1cc(C(=O)O)cc(-n2nc(C)c(Cl)c2C)n1. The fourth-order valence-electron chi connectivity index (χ4n) is 1.73. The van der Waals surface area contributed by atoms with Gasteiger partial charge >= 0.3 is 5.97 Å². The zero-order chi connectivity index (χ0) is 13.4. The molecule has 6 heteroatoms. The Hall–Kier alpha value is -1.88. The molecule has 0 saturated heterocycles. The topological polar surface area (TPSA) is 68.0 Å². The first-order valence-corrected chi connectivity index (χ1v) is 5.72. The molecule has 0 bridgehead atoms. The van der Waals surface area contributed by atoms with Gasteiger partial charge in [0.25, 0.3) is 0 Å². The molecule has 0 amide bonds. The maximum atomic E-state index is 11.0. The van der Waals surface area contributed by atoms with E-state index in [4.69, 9.17) is 16.7 Å². The fourth-order valence-corrected chi connectivity index (χ4v) is 1.85. The molecule has 5 nitrogen and oxygen atoms in total. The zero-order valence-corrected chi connectivity index (χ0v) is 11.0. The molecular formula is C12H12ClN3O2. The van der Waals surface area contributed by atoms with Crippen LogP contribution in [0.2, 0.25) is 5.02 Å². The first kappa shape index (κ1) is 12.6. The third-order valence-electron chi connectivity index (χ3n) is 2.61. The number of hydrogen-bond donors (Lipinski definition) is 1. The normalized spacial score (nSPS) is 10.7. The summed E-state index contributed by atoms with van der Waals surface area (Å²) >= 11 is 6.06. The van der Waals surface area contributed by atoms with Gasteiger partial charge in [-0.2, -0.15) is 5.10 Å². The Morgan fingerprint density at radius 3 is 2.50 bits per heavy atom. The van der Waals surface area contributed by atoms with Crippen molar-refractivity contribution in [1.82, 2.24) is 14.8 Å². The summed E-state index contributed by atoms with van der Waals surface area (Å²) < 4.78 is 1.55. The van der Waals surface area contributed by atoms with Crippen LogP contribution in [0.4, 0.5) is 0 Å². The van der Waals surface area contributed by atoms with Crippen LogP contribution < -0.4 is 0 Å². The molecule has 0 fully saturated rings. The van der Waals surface area contributed by atoms with E-state index in [0.29, 0.717) is 22.2 Å². The van der Waals surface area contributed by atoms with E-state index < -0.39 is 5.97 Å². The fraction of sp³-hybridized carbons (Fsp3) is 0.250. The van der Waals surface area contributed by atoms with Gasteiger partial charge in [-0.3, -0.25) is 0 Å². The average molecular weight is 266 g/mol. The highest BCUT2D eigenvalue weighted by molar-refractivity contribution is 6.31. The molecule has 0 aliphatic heterocycles. The minimum atomic E-state index is -0.991. The number of pyridine rings is 1. The summed E-state index contributed by atoms with van der Waals surface area (Å²) in [4.78, 5) is 15.3. The lowest BCUT2D eigenvalue weighted by molar-refractivity contribution is 0.0696. The van der Waals surface area contributed by atoms with Gasteiger partial charge in [0.1, 0.15) is 0 Å². The number of aromatic carboxylic acids is 1. The Morgan fingerprint density at radius 1 is 1.33 bits per heavy atom. The highest BCUT2D eigenvalue weighted by Gasteiger charge is 2.14. The Bertz CT molecular complexity index is 634. The highest BCUT2D eigenvalue weighted by Crippen LogP contribution is 2.22. The minimum Gasteiger partial charge on any atom is -0.478 e. The number of carboxylic acid groups (broad SMARTS) is 1. The molecule has 0 aromatic carbocycles. The maximum absolute atomic E-state index is 11.0. The van der Waals surface area contributed by atoms with E-state index >= 15 is 0 Å². The average Bonchev–Trinajstić information content (AvgIpc) is 2.56. The van der Waals surface area contributed by atoms with Crippen LogP contribution in [0.15, 0.2) is 12.1 Å². The van der Waals surface area contributed by atoms with E-state index in [-0.39, 0.29) is 5.56 Å². The number of nitrogens with zero attached hydrogens (tertiary/aromatic N) is 3.